The fourth-order valence-electron chi connectivity index (χ4n) is 1.85. The van der Waals surface area contributed by atoms with Crippen LogP contribution in [0, 0.1) is 19.3 Å². The predicted molar refractivity (Wildman–Crippen MR) is 89.5 cm³/mol. The molecule has 0 fully saturated rings. The second-order valence-electron chi connectivity index (χ2n) is 4.36. The number of nitrogens with two attached hydrogens (primary N) is 1. The molecular formula is C15H16N2OS2. The molecule has 0 aliphatic carbocycles. The summed E-state index contributed by atoms with van der Waals surface area (Å²) in [6.45, 7) is 2.61. The molecule has 2 aromatic rings. The number of carbonyl (C=O) groups is 1. The van der Waals surface area contributed by atoms with E-state index < -0.39 is 0 Å². The van der Waals surface area contributed by atoms with Crippen molar-refractivity contribution in [1.82, 2.24) is 5.32 Å². The van der Waals surface area contributed by atoms with Crippen molar-refractivity contribution in [1.29, 1.82) is 0 Å². The predicted octanol–water partition coefficient (Wildman–Crippen LogP) is 2.89. The number of amides is 1. The molecule has 0 spiro atoms. The zero-order valence-corrected chi connectivity index (χ0v) is 12.9. The molecule has 0 unspecified atom stereocenters. The smallest absolute Gasteiger partial charge is 0.263 e. The molecule has 0 saturated heterocycles. The van der Waals surface area contributed by atoms with Crippen LogP contribution in [-0.2, 0) is 0 Å². The first-order chi connectivity index (χ1) is 9.63. The first kappa shape index (κ1) is 14.8. The number of anilines is 1. The van der Waals surface area contributed by atoms with E-state index in [2.05, 4.69) is 11.2 Å². The van der Waals surface area contributed by atoms with Crippen LogP contribution in [0.2, 0.25) is 0 Å². The van der Waals surface area contributed by atoms with Crippen LogP contribution in [0.5, 0.6) is 0 Å². The van der Waals surface area contributed by atoms with E-state index in [1.54, 1.807) is 11.8 Å². The number of hydrogen-bond donors (Lipinski definition) is 2. The lowest BCUT2D eigenvalue weighted by Crippen LogP contribution is -2.25. The van der Waals surface area contributed by atoms with Crippen LogP contribution in [0.25, 0.3) is 10.1 Å². The van der Waals surface area contributed by atoms with Crippen LogP contribution in [-0.4, -0.2) is 24.0 Å². The van der Waals surface area contributed by atoms with E-state index in [0.29, 0.717) is 22.9 Å². The molecule has 1 heterocycles. The Labute approximate surface area is 126 Å². The number of nitrogen functional groups attached to an aromatic ring is 1. The molecule has 1 amide bonds. The first-order valence-corrected chi connectivity index (χ1v) is 8.18. The van der Waals surface area contributed by atoms with E-state index >= 15 is 0 Å². The van der Waals surface area contributed by atoms with Gasteiger partial charge in [0, 0.05) is 22.4 Å². The Kier molecular flexibility index (Phi) is 4.94. The van der Waals surface area contributed by atoms with Gasteiger partial charge in [0.15, 0.2) is 0 Å². The largest absolute Gasteiger partial charge is 0.397 e. The average Bonchev–Trinajstić information content (AvgIpc) is 2.76. The van der Waals surface area contributed by atoms with E-state index in [1.807, 2.05) is 25.1 Å². The van der Waals surface area contributed by atoms with Crippen molar-refractivity contribution >= 4 is 44.8 Å². The highest BCUT2D eigenvalue weighted by Gasteiger charge is 2.15. The Morgan fingerprint density at radius 1 is 1.55 bits per heavy atom. The third-order valence-electron chi connectivity index (χ3n) is 2.81. The van der Waals surface area contributed by atoms with Crippen molar-refractivity contribution in [2.24, 2.45) is 0 Å². The average molecular weight is 304 g/mol. The van der Waals surface area contributed by atoms with Gasteiger partial charge in [-0.25, -0.2) is 0 Å². The third kappa shape index (κ3) is 3.27. The monoisotopic (exact) mass is 304 g/mol. The zero-order valence-electron chi connectivity index (χ0n) is 11.2. The molecular weight excluding hydrogens is 288 g/mol. The van der Waals surface area contributed by atoms with E-state index in [9.17, 15) is 4.79 Å². The molecule has 3 nitrogen and oxygen atoms in total. The standard InChI is InChI=1S/C15H16N2OS2/c1-3-7-19-8-6-17-15(18)14-13(16)11-9-10(2)4-5-12(11)20-14/h1,4-5,9H,6-8,16H2,2H3,(H,17,18). The Morgan fingerprint density at radius 3 is 3.10 bits per heavy atom. The number of nitrogens with one attached hydrogen (secondary N) is 1. The summed E-state index contributed by atoms with van der Waals surface area (Å²) in [5.41, 5.74) is 7.79. The van der Waals surface area contributed by atoms with Crippen molar-refractivity contribution < 1.29 is 4.79 Å². The molecule has 1 aromatic heterocycles. The maximum absolute atomic E-state index is 12.1. The van der Waals surface area contributed by atoms with Gasteiger partial charge in [0.25, 0.3) is 5.91 Å². The Balaban J connectivity index is 2.07. The summed E-state index contributed by atoms with van der Waals surface area (Å²) in [7, 11) is 0. The fraction of sp³-hybridized carbons (Fsp3) is 0.267. The van der Waals surface area contributed by atoms with E-state index in [4.69, 9.17) is 12.2 Å². The third-order valence-corrected chi connectivity index (χ3v) is 4.85. The molecule has 0 bridgehead atoms. The molecule has 0 aliphatic heterocycles. The number of rotatable bonds is 5. The Morgan fingerprint density at radius 2 is 2.35 bits per heavy atom. The number of benzene rings is 1. The molecule has 20 heavy (non-hydrogen) atoms. The van der Waals surface area contributed by atoms with Gasteiger partial charge in [-0.15, -0.1) is 29.5 Å². The van der Waals surface area contributed by atoms with Crippen LogP contribution >= 0.6 is 23.1 Å². The Bertz CT molecular complexity index is 670. The number of carbonyl (C=O) groups excluding carboxylic acids is 1. The first-order valence-electron chi connectivity index (χ1n) is 6.21. The van der Waals surface area contributed by atoms with Crippen molar-refractivity contribution in [3.05, 3.63) is 28.6 Å². The van der Waals surface area contributed by atoms with Crippen LogP contribution in [0.1, 0.15) is 15.2 Å². The van der Waals surface area contributed by atoms with E-state index in [0.717, 1.165) is 21.4 Å². The van der Waals surface area contributed by atoms with Gasteiger partial charge in [-0.3, -0.25) is 4.79 Å². The van der Waals surface area contributed by atoms with Crippen LogP contribution in [0.15, 0.2) is 18.2 Å². The second-order valence-corrected chi connectivity index (χ2v) is 6.51. The minimum absolute atomic E-state index is 0.109. The molecule has 1 aromatic carbocycles. The van der Waals surface area contributed by atoms with Gasteiger partial charge < -0.3 is 11.1 Å². The van der Waals surface area contributed by atoms with Crippen LogP contribution in [0.3, 0.4) is 0 Å². The minimum atomic E-state index is -0.109. The van der Waals surface area contributed by atoms with Gasteiger partial charge in [0.1, 0.15) is 4.88 Å². The molecule has 0 saturated carbocycles. The van der Waals surface area contributed by atoms with Gasteiger partial charge in [-0.05, 0) is 19.1 Å². The minimum Gasteiger partial charge on any atom is -0.397 e. The topological polar surface area (TPSA) is 55.1 Å². The lowest BCUT2D eigenvalue weighted by molar-refractivity contribution is 0.0961. The number of thiophene rings is 1. The van der Waals surface area contributed by atoms with E-state index in [1.165, 1.54) is 11.3 Å². The quantitative estimate of drug-likeness (QED) is 0.659. The normalized spacial score (nSPS) is 10.4. The molecule has 104 valence electrons. The number of aryl methyl sites for hydroxylation is 1. The molecule has 0 aliphatic rings. The number of fused-ring (bicyclic) bond motifs is 1. The number of hydrogen-bond acceptors (Lipinski definition) is 4. The van der Waals surface area contributed by atoms with Crippen LogP contribution in [0.4, 0.5) is 5.69 Å². The summed E-state index contributed by atoms with van der Waals surface area (Å²) in [5.74, 6) is 3.92. The molecule has 5 heteroatoms. The highest BCUT2D eigenvalue weighted by Crippen LogP contribution is 2.34. The highest BCUT2D eigenvalue weighted by molar-refractivity contribution is 7.99. The lowest BCUT2D eigenvalue weighted by atomic mass is 10.1. The summed E-state index contributed by atoms with van der Waals surface area (Å²) in [6.07, 6.45) is 5.16. The maximum atomic E-state index is 12.1. The Hall–Kier alpha value is -1.64. The van der Waals surface area contributed by atoms with Gasteiger partial charge in [0.05, 0.1) is 11.4 Å². The van der Waals surface area contributed by atoms with Gasteiger partial charge in [-0.2, -0.15) is 0 Å². The summed E-state index contributed by atoms with van der Waals surface area (Å²) in [4.78, 5) is 12.7. The van der Waals surface area contributed by atoms with Gasteiger partial charge in [-0.1, -0.05) is 17.6 Å². The molecule has 3 N–H and O–H groups in total. The van der Waals surface area contributed by atoms with Crippen molar-refractivity contribution in [2.75, 3.05) is 23.8 Å². The molecule has 0 radical (unpaired) electrons. The van der Waals surface area contributed by atoms with Crippen molar-refractivity contribution in [2.45, 2.75) is 6.92 Å². The van der Waals surface area contributed by atoms with E-state index in [-0.39, 0.29) is 5.91 Å². The SMILES string of the molecule is C#CCSCCNC(=O)c1sc2ccc(C)cc2c1N. The summed E-state index contributed by atoms with van der Waals surface area (Å²) in [6, 6.07) is 6.04. The maximum Gasteiger partial charge on any atom is 0.263 e. The molecule has 0 atom stereocenters. The lowest BCUT2D eigenvalue weighted by Gasteiger charge is -2.03. The van der Waals surface area contributed by atoms with Gasteiger partial charge >= 0.3 is 0 Å². The van der Waals surface area contributed by atoms with Gasteiger partial charge in [0.2, 0.25) is 0 Å². The summed E-state index contributed by atoms with van der Waals surface area (Å²) < 4.78 is 1.04. The summed E-state index contributed by atoms with van der Waals surface area (Å²) in [5, 5.41) is 3.84. The number of thioether (sulfide) groups is 1. The highest BCUT2D eigenvalue weighted by atomic mass is 32.2. The zero-order chi connectivity index (χ0) is 14.5. The second kappa shape index (κ2) is 6.69. The number of terminal acetylenes is 1. The summed E-state index contributed by atoms with van der Waals surface area (Å²) >= 11 is 3.06. The van der Waals surface area contributed by atoms with Crippen molar-refractivity contribution in [3.63, 3.8) is 0 Å². The van der Waals surface area contributed by atoms with Crippen molar-refractivity contribution in [3.8, 4) is 12.3 Å². The molecule has 2 rings (SSSR count). The fourth-order valence-corrected chi connectivity index (χ4v) is 3.38. The van der Waals surface area contributed by atoms with Crippen LogP contribution < -0.4 is 11.1 Å².